The number of thiophene rings is 1. The maximum absolute atomic E-state index is 12.4. The molecule has 0 spiro atoms. The van der Waals surface area contributed by atoms with Crippen LogP contribution >= 0.6 is 23.1 Å². The van der Waals surface area contributed by atoms with Crippen molar-refractivity contribution in [2.75, 3.05) is 17.7 Å². The summed E-state index contributed by atoms with van der Waals surface area (Å²) < 4.78 is 12.3. The summed E-state index contributed by atoms with van der Waals surface area (Å²) in [6, 6.07) is 5.32. The lowest BCUT2D eigenvalue weighted by molar-refractivity contribution is -0.113. The molecule has 1 amide bonds. The highest BCUT2D eigenvalue weighted by Crippen LogP contribution is 2.29. The van der Waals surface area contributed by atoms with Crippen LogP contribution in [0.5, 0.6) is 0 Å². The van der Waals surface area contributed by atoms with Crippen molar-refractivity contribution in [3.05, 3.63) is 34.9 Å². The largest absolute Gasteiger partial charge is 0.462 e. The number of rotatable bonds is 8. The number of nitrogens with zero attached hydrogens (tertiary/aromatic N) is 3. The van der Waals surface area contributed by atoms with Gasteiger partial charge in [0.2, 0.25) is 5.91 Å². The molecule has 10 heteroatoms. The maximum atomic E-state index is 12.4. The first-order chi connectivity index (χ1) is 13.5. The highest BCUT2D eigenvalue weighted by atomic mass is 32.2. The normalized spacial score (nSPS) is 10.8. The van der Waals surface area contributed by atoms with Gasteiger partial charge in [0.05, 0.1) is 24.2 Å². The van der Waals surface area contributed by atoms with Gasteiger partial charge in [0, 0.05) is 11.4 Å². The van der Waals surface area contributed by atoms with Crippen molar-refractivity contribution in [2.45, 2.75) is 32.5 Å². The molecular weight excluding hydrogens is 400 g/mol. The maximum Gasteiger partial charge on any atom is 0.341 e. The Morgan fingerprint density at radius 1 is 1.36 bits per heavy atom. The van der Waals surface area contributed by atoms with E-state index in [4.69, 9.17) is 9.15 Å². The van der Waals surface area contributed by atoms with Crippen molar-refractivity contribution in [1.29, 1.82) is 0 Å². The molecule has 3 rings (SSSR count). The Balaban J connectivity index is 1.67. The smallest absolute Gasteiger partial charge is 0.341 e. The van der Waals surface area contributed by atoms with Crippen LogP contribution < -0.4 is 5.32 Å². The van der Waals surface area contributed by atoms with Gasteiger partial charge >= 0.3 is 5.97 Å². The number of esters is 1. The third-order valence-electron chi connectivity index (χ3n) is 3.71. The van der Waals surface area contributed by atoms with Gasteiger partial charge < -0.3 is 14.5 Å². The fourth-order valence-corrected chi connectivity index (χ4v) is 4.25. The van der Waals surface area contributed by atoms with Gasteiger partial charge in [0.1, 0.15) is 5.00 Å². The molecule has 0 atom stereocenters. The minimum atomic E-state index is -0.441. The minimum absolute atomic E-state index is 0.134. The molecule has 3 aromatic heterocycles. The average molecular weight is 421 g/mol. The van der Waals surface area contributed by atoms with E-state index in [1.807, 2.05) is 24.5 Å². The standard InChI is InChI=1S/C18H20N4O4S2/c1-4-22-15(13-7-6-8-26-13)20-21-18(22)27-10-14(23)19-16-12(9-11(3)28-16)17(24)25-5-2/h6-9H,4-5,10H2,1-3H3,(H,19,23). The molecule has 1 N–H and O–H groups in total. The number of hydrogen-bond acceptors (Lipinski definition) is 8. The van der Waals surface area contributed by atoms with Crippen molar-refractivity contribution in [3.63, 3.8) is 0 Å². The molecule has 28 heavy (non-hydrogen) atoms. The third kappa shape index (κ3) is 4.45. The average Bonchev–Trinajstić information content (AvgIpc) is 3.39. The first-order valence-corrected chi connectivity index (χ1v) is 10.5. The van der Waals surface area contributed by atoms with Crippen LogP contribution in [0.2, 0.25) is 0 Å². The van der Waals surface area contributed by atoms with E-state index in [9.17, 15) is 9.59 Å². The molecule has 0 bridgehead atoms. The summed E-state index contributed by atoms with van der Waals surface area (Å²) >= 11 is 2.61. The summed E-state index contributed by atoms with van der Waals surface area (Å²) in [6.45, 7) is 6.51. The van der Waals surface area contributed by atoms with Crippen LogP contribution in [-0.4, -0.2) is 39.0 Å². The Morgan fingerprint density at radius 2 is 2.18 bits per heavy atom. The summed E-state index contributed by atoms with van der Waals surface area (Å²) in [5, 5.41) is 12.2. The van der Waals surface area contributed by atoms with Gasteiger partial charge in [-0.25, -0.2) is 4.79 Å². The van der Waals surface area contributed by atoms with E-state index in [1.54, 1.807) is 25.3 Å². The summed E-state index contributed by atoms with van der Waals surface area (Å²) in [6.07, 6.45) is 1.58. The minimum Gasteiger partial charge on any atom is -0.462 e. The lowest BCUT2D eigenvalue weighted by Crippen LogP contribution is -2.16. The zero-order chi connectivity index (χ0) is 20.1. The van der Waals surface area contributed by atoms with Crippen LogP contribution in [0.1, 0.15) is 29.1 Å². The first kappa shape index (κ1) is 20.2. The van der Waals surface area contributed by atoms with E-state index in [-0.39, 0.29) is 18.3 Å². The second-order valence-electron chi connectivity index (χ2n) is 5.68. The van der Waals surface area contributed by atoms with Crippen molar-refractivity contribution >= 4 is 40.0 Å². The molecule has 3 heterocycles. The molecule has 0 aliphatic carbocycles. The number of furan rings is 1. The van der Waals surface area contributed by atoms with Crippen LogP contribution in [-0.2, 0) is 16.1 Å². The van der Waals surface area contributed by atoms with E-state index in [1.165, 1.54) is 23.1 Å². The first-order valence-electron chi connectivity index (χ1n) is 8.70. The molecule has 0 aliphatic heterocycles. The predicted octanol–water partition coefficient (Wildman–Crippen LogP) is 3.84. The number of carbonyl (C=O) groups excluding carboxylic acids is 2. The number of anilines is 1. The summed E-state index contributed by atoms with van der Waals surface area (Å²) in [4.78, 5) is 25.4. The van der Waals surface area contributed by atoms with Crippen molar-refractivity contribution < 1.29 is 18.7 Å². The van der Waals surface area contributed by atoms with Crippen LogP contribution in [0.3, 0.4) is 0 Å². The van der Waals surface area contributed by atoms with Gasteiger partial charge in [-0.2, -0.15) is 0 Å². The van der Waals surface area contributed by atoms with Crippen molar-refractivity contribution in [1.82, 2.24) is 14.8 Å². The highest BCUT2D eigenvalue weighted by molar-refractivity contribution is 7.99. The van der Waals surface area contributed by atoms with Crippen molar-refractivity contribution in [2.24, 2.45) is 0 Å². The van der Waals surface area contributed by atoms with Gasteiger partial charge in [-0.1, -0.05) is 11.8 Å². The Bertz CT molecular complexity index is 963. The number of nitrogens with one attached hydrogen (secondary N) is 1. The van der Waals surface area contributed by atoms with E-state index in [0.717, 1.165) is 4.88 Å². The number of aryl methyl sites for hydroxylation is 1. The molecule has 0 saturated heterocycles. The monoisotopic (exact) mass is 420 g/mol. The number of aromatic nitrogens is 3. The van der Waals surface area contributed by atoms with Gasteiger partial charge in [-0.3, -0.25) is 9.36 Å². The van der Waals surface area contributed by atoms with Gasteiger partial charge in [-0.15, -0.1) is 21.5 Å². The quantitative estimate of drug-likeness (QED) is 0.437. The molecule has 3 aromatic rings. The Morgan fingerprint density at radius 3 is 2.86 bits per heavy atom. The van der Waals surface area contributed by atoms with Crippen LogP contribution in [0.15, 0.2) is 34.0 Å². The van der Waals surface area contributed by atoms with E-state index in [0.29, 0.717) is 33.9 Å². The van der Waals surface area contributed by atoms with E-state index >= 15 is 0 Å². The topological polar surface area (TPSA) is 99.2 Å². The zero-order valence-corrected chi connectivity index (χ0v) is 17.4. The van der Waals surface area contributed by atoms with E-state index in [2.05, 4.69) is 15.5 Å². The number of hydrogen-bond donors (Lipinski definition) is 1. The van der Waals surface area contributed by atoms with Gasteiger partial charge in [0.25, 0.3) is 0 Å². The number of ether oxygens (including phenoxy) is 1. The molecule has 148 valence electrons. The highest BCUT2D eigenvalue weighted by Gasteiger charge is 2.19. The molecule has 0 unspecified atom stereocenters. The number of carbonyl (C=O) groups is 2. The molecular formula is C18H20N4O4S2. The van der Waals surface area contributed by atoms with Crippen LogP contribution in [0.25, 0.3) is 11.6 Å². The lowest BCUT2D eigenvalue weighted by Gasteiger charge is -2.07. The van der Waals surface area contributed by atoms with Gasteiger partial charge in [0.15, 0.2) is 16.7 Å². The predicted molar refractivity (Wildman–Crippen MR) is 108 cm³/mol. The molecule has 0 aromatic carbocycles. The molecule has 0 aliphatic rings. The molecule has 8 nitrogen and oxygen atoms in total. The summed E-state index contributed by atoms with van der Waals surface area (Å²) in [5.74, 6) is 0.703. The molecule has 0 radical (unpaired) electrons. The van der Waals surface area contributed by atoms with Crippen molar-refractivity contribution in [3.8, 4) is 11.6 Å². The Labute approximate surface area is 170 Å². The second-order valence-corrected chi connectivity index (χ2v) is 7.88. The van der Waals surface area contributed by atoms with E-state index < -0.39 is 5.97 Å². The SMILES string of the molecule is CCOC(=O)c1cc(C)sc1NC(=O)CSc1nnc(-c2ccco2)n1CC. The van der Waals surface area contributed by atoms with Crippen LogP contribution in [0, 0.1) is 6.92 Å². The zero-order valence-electron chi connectivity index (χ0n) is 15.7. The lowest BCUT2D eigenvalue weighted by atomic mass is 10.3. The second kappa shape index (κ2) is 9.07. The van der Waals surface area contributed by atoms with Gasteiger partial charge in [-0.05, 0) is 39.0 Å². The summed E-state index contributed by atoms with van der Waals surface area (Å²) in [7, 11) is 0. The summed E-state index contributed by atoms with van der Waals surface area (Å²) in [5.41, 5.74) is 0.375. The third-order valence-corrected chi connectivity index (χ3v) is 5.64. The molecule has 0 fully saturated rings. The fraction of sp³-hybridized carbons (Fsp3) is 0.333. The molecule has 0 saturated carbocycles. The van der Waals surface area contributed by atoms with Crippen LogP contribution in [0.4, 0.5) is 5.00 Å². The Kier molecular flexibility index (Phi) is 6.53. The number of amides is 1. The fourth-order valence-electron chi connectivity index (χ4n) is 2.53. The number of thioether (sulfide) groups is 1. The Hall–Kier alpha value is -2.59.